The SMILES string of the molecule is C[C@@](O)(C(=O)Nc1ccc(Sc2ccc3c(c2)=NC(=O)N=3)cc1Cl)C(F)(F)F. The van der Waals surface area contributed by atoms with Crippen molar-refractivity contribution in [3.8, 4) is 0 Å². The summed E-state index contributed by atoms with van der Waals surface area (Å²) in [5, 5.41) is 12.3. The Hall–Kier alpha value is -2.43. The number of carbonyl (C=O) groups is 2. The summed E-state index contributed by atoms with van der Waals surface area (Å²) >= 11 is 7.31. The number of fused-ring (bicyclic) bond motifs is 1. The molecule has 0 saturated carbocycles. The Kier molecular flexibility index (Phi) is 5.22. The van der Waals surface area contributed by atoms with E-state index in [4.69, 9.17) is 11.6 Å². The Morgan fingerprint density at radius 1 is 1.11 bits per heavy atom. The molecule has 0 fully saturated rings. The second-order valence-electron chi connectivity index (χ2n) is 5.92. The van der Waals surface area contributed by atoms with Gasteiger partial charge in [-0.2, -0.15) is 23.2 Å². The lowest BCUT2D eigenvalue weighted by molar-refractivity contribution is -0.242. The fraction of sp³-hybridized carbons (Fsp3) is 0.176. The summed E-state index contributed by atoms with van der Waals surface area (Å²) < 4.78 is 38.2. The van der Waals surface area contributed by atoms with Crippen molar-refractivity contribution in [3.05, 3.63) is 52.1 Å². The zero-order valence-corrected chi connectivity index (χ0v) is 15.6. The molecule has 0 aromatic heterocycles. The Morgan fingerprint density at radius 3 is 2.36 bits per heavy atom. The van der Waals surface area contributed by atoms with Gasteiger partial charge in [0.25, 0.3) is 5.91 Å². The highest BCUT2D eigenvalue weighted by molar-refractivity contribution is 7.99. The number of alkyl halides is 3. The van der Waals surface area contributed by atoms with Gasteiger partial charge in [0.2, 0.25) is 5.60 Å². The lowest BCUT2D eigenvalue weighted by Crippen LogP contribution is -2.52. The number of urea groups is 1. The number of amides is 3. The van der Waals surface area contributed by atoms with Crippen molar-refractivity contribution in [1.82, 2.24) is 0 Å². The summed E-state index contributed by atoms with van der Waals surface area (Å²) in [5.41, 5.74) is -3.63. The lowest BCUT2D eigenvalue weighted by atomic mass is 10.1. The van der Waals surface area contributed by atoms with E-state index in [0.717, 1.165) is 4.90 Å². The zero-order chi connectivity index (χ0) is 20.7. The number of hydrogen-bond donors (Lipinski definition) is 2. The van der Waals surface area contributed by atoms with Crippen LogP contribution in [-0.4, -0.2) is 28.8 Å². The van der Waals surface area contributed by atoms with E-state index in [-0.39, 0.29) is 10.7 Å². The molecule has 1 aliphatic heterocycles. The van der Waals surface area contributed by atoms with Crippen LogP contribution in [0.25, 0.3) is 0 Å². The topological polar surface area (TPSA) is 91.1 Å². The second kappa shape index (κ2) is 7.19. The number of aliphatic hydroxyl groups is 1. The van der Waals surface area contributed by atoms with Crippen LogP contribution in [0, 0.1) is 0 Å². The molecular weight excluding hydrogens is 419 g/mol. The van der Waals surface area contributed by atoms with Crippen molar-refractivity contribution in [2.24, 2.45) is 9.98 Å². The Labute approximate surface area is 165 Å². The highest BCUT2D eigenvalue weighted by Crippen LogP contribution is 2.34. The fourth-order valence-electron chi connectivity index (χ4n) is 2.15. The van der Waals surface area contributed by atoms with Crippen molar-refractivity contribution in [3.63, 3.8) is 0 Å². The summed E-state index contributed by atoms with van der Waals surface area (Å²) in [6.45, 7) is 0.358. The molecule has 1 atom stereocenters. The summed E-state index contributed by atoms with van der Waals surface area (Å²) in [4.78, 5) is 31.8. The van der Waals surface area contributed by atoms with Gasteiger partial charge in [0.1, 0.15) is 0 Å². The maximum atomic E-state index is 12.7. The van der Waals surface area contributed by atoms with Gasteiger partial charge in [-0.1, -0.05) is 23.4 Å². The number of hydrogen-bond acceptors (Lipinski definition) is 4. The summed E-state index contributed by atoms with van der Waals surface area (Å²) in [5.74, 6) is -1.64. The van der Waals surface area contributed by atoms with Gasteiger partial charge in [-0.3, -0.25) is 4.79 Å². The van der Waals surface area contributed by atoms with Gasteiger partial charge in [0, 0.05) is 9.79 Å². The number of anilines is 1. The molecule has 2 aromatic carbocycles. The Morgan fingerprint density at radius 2 is 1.71 bits per heavy atom. The van der Waals surface area contributed by atoms with Crippen LogP contribution in [-0.2, 0) is 4.79 Å². The first-order valence-electron chi connectivity index (χ1n) is 7.67. The Bertz CT molecular complexity index is 1100. The van der Waals surface area contributed by atoms with Gasteiger partial charge in [-0.15, -0.1) is 0 Å². The highest BCUT2D eigenvalue weighted by atomic mass is 35.5. The summed E-state index contributed by atoms with van der Waals surface area (Å²) in [6, 6.07) is 8.77. The molecule has 3 rings (SSSR count). The first kappa shape index (κ1) is 20.3. The molecular formula is C17H11ClF3N3O3S. The van der Waals surface area contributed by atoms with Crippen molar-refractivity contribution >= 4 is 41.0 Å². The first-order valence-corrected chi connectivity index (χ1v) is 8.86. The van der Waals surface area contributed by atoms with E-state index in [1.165, 1.54) is 30.0 Å². The molecule has 28 heavy (non-hydrogen) atoms. The van der Waals surface area contributed by atoms with E-state index in [9.17, 15) is 27.9 Å². The summed E-state index contributed by atoms with van der Waals surface area (Å²) in [7, 11) is 0. The number of nitrogens with one attached hydrogen (secondary N) is 1. The van der Waals surface area contributed by atoms with Crippen LogP contribution in [0.4, 0.5) is 23.7 Å². The molecule has 0 saturated heterocycles. The molecule has 0 spiro atoms. The highest BCUT2D eigenvalue weighted by Gasteiger charge is 2.55. The van der Waals surface area contributed by atoms with Crippen LogP contribution in [0.2, 0.25) is 5.02 Å². The molecule has 6 nitrogen and oxygen atoms in total. The molecule has 1 heterocycles. The standard InChI is InChI=1S/C17H11ClF3N3O3S/c1-16(27,17(19,20)21)14(25)22-11-4-2-8(6-10(11)18)28-9-3-5-12-13(7-9)24-15(26)23-12/h2-7,27H,1H3,(H,22,25)/t16-/m1/s1. The predicted molar refractivity (Wildman–Crippen MR) is 95.0 cm³/mol. The van der Waals surface area contributed by atoms with Crippen LogP contribution < -0.4 is 16.0 Å². The number of halogens is 4. The monoisotopic (exact) mass is 429 g/mol. The van der Waals surface area contributed by atoms with Gasteiger partial charge in [0.05, 0.1) is 21.4 Å². The molecule has 1 aliphatic rings. The minimum atomic E-state index is -5.13. The number of benzene rings is 2. The van der Waals surface area contributed by atoms with Crippen molar-refractivity contribution in [1.29, 1.82) is 0 Å². The van der Waals surface area contributed by atoms with E-state index in [2.05, 4.69) is 9.98 Å². The minimum Gasteiger partial charge on any atom is -0.373 e. The number of nitrogens with zero attached hydrogens (tertiary/aromatic N) is 2. The number of rotatable bonds is 4. The summed E-state index contributed by atoms with van der Waals surface area (Å²) in [6.07, 6.45) is -5.13. The maximum Gasteiger partial charge on any atom is 0.426 e. The second-order valence-corrected chi connectivity index (χ2v) is 7.48. The predicted octanol–water partition coefficient (Wildman–Crippen LogP) is 3.12. The van der Waals surface area contributed by atoms with Gasteiger partial charge in [-0.25, -0.2) is 4.79 Å². The zero-order valence-electron chi connectivity index (χ0n) is 14.0. The van der Waals surface area contributed by atoms with Crippen LogP contribution in [0.1, 0.15) is 6.92 Å². The molecule has 0 bridgehead atoms. The average Bonchev–Trinajstić information content (AvgIpc) is 2.95. The van der Waals surface area contributed by atoms with Gasteiger partial charge < -0.3 is 10.4 Å². The lowest BCUT2D eigenvalue weighted by Gasteiger charge is -2.25. The molecule has 3 amide bonds. The van der Waals surface area contributed by atoms with Crippen LogP contribution >= 0.6 is 23.4 Å². The van der Waals surface area contributed by atoms with Crippen LogP contribution in [0.3, 0.4) is 0 Å². The van der Waals surface area contributed by atoms with E-state index >= 15 is 0 Å². The van der Waals surface area contributed by atoms with Crippen LogP contribution in [0.5, 0.6) is 0 Å². The number of carbonyl (C=O) groups excluding carboxylic acids is 2. The third kappa shape index (κ3) is 4.03. The third-order valence-electron chi connectivity index (χ3n) is 3.80. The van der Waals surface area contributed by atoms with Crippen LogP contribution in [0.15, 0.2) is 56.2 Å². The molecule has 0 aliphatic carbocycles. The van der Waals surface area contributed by atoms with E-state index < -0.39 is 23.7 Å². The molecule has 146 valence electrons. The first-order chi connectivity index (χ1) is 13.0. The average molecular weight is 430 g/mol. The van der Waals surface area contributed by atoms with E-state index in [1.54, 1.807) is 18.2 Å². The third-order valence-corrected chi connectivity index (χ3v) is 5.09. The quantitative estimate of drug-likeness (QED) is 0.781. The van der Waals surface area contributed by atoms with Crippen molar-refractivity contribution in [2.75, 3.05) is 5.32 Å². The van der Waals surface area contributed by atoms with Crippen molar-refractivity contribution < 1.29 is 27.9 Å². The maximum absolute atomic E-state index is 12.7. The van der Waals surface area contributed by atoms with E-state index in [0.29, 0.717) is 22.5 Å². The smallest absolute Gasteiger partial charge is 0.373 e. The fourth-order valence-corrected chi connectivity index (χ4v) is 3.34. The van der Waals surface area contributed by atoms with Crippen molar-refractivity contribution in [2.45, 2.75) is 28.5 Å². The van der Waals surface area contributed by atoms with E-state index in [1.807, 2.05) is 5.32 Å². The normalized spacial score (nSPS) is 15.3. The minimum absolute atomic E-state index is 0.00708. The van der Waals surface area contributed by atoms with Gasteiger partial charge in [0.15, 0.2) is 0 Å². The molecule has 0 unspecified atom stereocenters. The molecule has 11 heteroatoms. The largest absolute Gasteiger partial charge is 0.426 e. The molecule has 0 radical (unpaired) electrons. The Balaban J connectivity index is 1.78. The molecule has 2 aromatic rings. The molecule has 2 N–H and O–H groups in total. The van der Waals surface area contributed by atoms with Gasteiger partial charge in [-0.05, 0) is 43.3 Å². The van der Waals surface area contributed by atoms with Gasteiger partial charge >= 0.3 is 12.2 Å².